The number of aromatic nitrogens is 2. The van der Waals surface area contributed by atoms with Crippen LogP contribution in [-0.4, -0.2) is 47.8 Å². The maximum absolute atomic E-state index is 13.2. The Bertz CT molecular complexity index is 1150. The number of esters is 1. The van der Waals surface area contributed by atoms with Crippen molar-refractivity contribution in [2.45, 2.75) is 51.9 Å². The maximum Gasteiger partial charge on any atom is 0.370 e. The zero-order valence-electron chi connectivity index (χ0n) is 19.6. The Labute approximate surface area is 198 Å². The Morgan fingerprint density at radius 2 is 1.97 bits per heavy atom. The highest BCUT2D eigenvalue weighted by atomic mass is 31.2. The Balaban J connectivity index is 1.75. The van der Waals surface area contributed by atoms with E-state index >= 15 is 0 Å². The lowest BCUT2D eigenvalue weighted by atomic mass is 10.1. The van der Waals surface area contributed by atoms with Gasteiger partial charge >= 0.3 is 13.6 Å². The zero-order chi connectivity index (χ0) is 24.7. The average Bonchev–Trinajstić information content (AvgIpc) is 3.28. The molecule has 0 N–H and O–H groups in total. The van der Waals surface area contributed by atoms with Crippen LogP contribution in [0.3, 0.4) is 0 Å². The normalized spacial score (nSPS) is 19.1. The summed E-state index contributed by atoms with van der Waals surface area (Å²) < 4.78 is 36.2. The van der Waals surface area contributed by atoms with Crippen molar-refractivity contribution in [2.75, 3.05) is 26.4 Å². The number of hydrogen-bond acceptors (Lipinski definition) is 9. The minimum atomic E-state index is -3.88. The minimum Gasteiger partial charge on any atom is -0.464 e. The number of carbonyl (C=O) groups is 1. The molecule has 1 saturated carbocycles. The fraction of sp³-hybridized carbons (Fsp3) is 0.565. The summed E-state index contributed by atoms with van der Waals surface area (Å²) in [4.78, 5) is 30.0. The number of nitrogens with zero attached hydrogens (tertiary/aromatic N) is 3. The minimum absolute atomic E-state index is 0.00689. The van der Waals surface area contributed by atoms with Gasteiger partial charge in [-0.15, -0.1) is 0 Å². The second-order valence-corrected chi connectivity index (χ2v) is 9.98. The van der Waals surface area contributed by atoms with Crippen molar-refractivity contribution in [3.8, 4) is 6.07 Å². The van der Waals surface area contributed by atoms with Crippen LogP contribution < -0.4 is 5.56 Å². The van der Waals surface area contributed by atoms with Gasteiger partial charge in [0.1, 0.15) is 6.07 Å². The molecule has 3 unspecified atom stereocenters. The Morgan fingerprint density at radius 3 is 2.62 bits per heavy atom. The number of ether oxygens (including phenoxy) is 2. The second-order valence-electron chi connectivity index (χ2n) is 7.91. The SMILES string of the molecule is CCOC(=O)C(OCC1CCC(n2cnc3cccc(C#N)c3c2=O)C1)P(=O)(OCC)OCC. The smallest absolute Gasteiger partial charge is 0.370 e. The molecule has 0 aliphatic heterocycles. The predicted molar refractivity (Wildman–Crippen MR) is 124 cm³/mol. The largest absolute Gasteiger partial charge is 0.464 e. The highest BCUT2D eigenvalue weighted by Gasteiger charge is 2.44. The van der Waals surface area contributed by atoms with Gasteiger partial charge in [0.2, 0.25) is 0 Å². The van der Waals surface area contributed by atoms with Gasteiger partial charge in [0, 0.05) is 6.04 Å². The molecule has 0 bridgehead atoms. The third-order valence-electron chi connectivity index (χ3n) is 5.72. The molecule has 0 saturated heterocycles. The quantitative estimate of drug-likeness (QED) is 0.340. The average molecular weight is 491 g/mol. The lowest BCUT2D eigenvalue weighted by Crippen LogP contribution is -2.30. The van der Waals surface area contributed by atoms with Crippen LogP contribution >= 0.6 is 7.60 Å². The van der Waals surface area contributed by atoms with E-state index in [1.807, 2.05) is 0 Å². The summed E-state index contributed by atoms with van der Waals surface area (Å²) >= 11 is 0. The number of rotatable bonds is 11. The van der Waals surface area contributed by atoms with E-state index in [9.17, 15) is 19.4 Å². The molecule has 3 rings (SSSR count). The molecular formula is C23H30N3O7P. The van der Waals surface area contributed by atoms with Crippen molar-refractivity contribution in [1.29, 1.82) is 5.26 Å². The third kappa shape index (κ3) is 5.56. The molecule has 1 heterocycles. The van der Waals surface area contributed by atoms with E-state index in [1.165, 1.54) is 6.33 Å². The highest BCUT2D eigenvalue weighted by Crippen LogP contribution is 2.54. The van der Waals surface area contributed by atoms with Gasteiger partial charge in [-0.1, -0.05) is 6.07 Å². The van der Waals surface area contributed by atoms with Crippen LogP contribution in [0.2, 0.25) is 0 Å². The summed E-state index contributed by atoms with van der Waals surface area (Å²) in [5.41, 5.74) is 0.524. The zero-order valence-corrected chi connectivity index (χ0v) is 20.5. The number of hydrogen-bond donors (Lipinski definition) is 0. The summed E-state index contributed by atoms with van der Waals surface area (Å²) in [6.07, 6.45) is 3.55. The molecule has 34 heavy (non-hydrogen) atoms. The number of nitriles is 1. The van der Waals surface area contributed by atoms with Crippen LogP contribution in [-0.2, 0) is 27.9 Å². The van der Waals surface area contributed by atoms with Gasteiger partial charge < -0.3 is 18.5 Å². The number of carbonyl (C=O) groups excluding carboxylic acids is 1. The van der Waals surface area contributed by atoms with E-state index < -0.39 is 19.4 Å². The molecule has 1 aliphatic rings. The van der Waals surface area contributed by atoms with E-state index in [2.05, 4.69) is 11.1 Å². The summed E-state index contributed by atoms with van der Waals surface area (Å²) in [5, 5.41) is 9.69. The first-order chi connectivity index (χ1) is 16.4. The molecular weight excluding hydrogens is 461 g/mol. The fourth-order valence-corrected chi connectivity index (χ4v) is 5.91. The molecule has 1 aromatic carbocycles. The van der Waals surface area contributed by atoms with Crippen molar-refractivity contribution in [2.24, 2.45) is 5.92 Å². The molecule has 11 heteroatoms. The van der Waals surface area contributed by atoms with Crippen LogP contribution in [0.4, 0.5) is 0 Å². The van der Waals surface area contributed by atoms with E-state index in [-0.39, 0.29) is 43.9 Å². The van der Waals surface area contributed by atoms with Crippen LogP contribution in [0.1, 0.15) is 51.6 Å². The lowest BCUT2D eigenvalue weighted by Gasteiger charge is -2.25. The topological polar surface area (TPSA) is 130 Å². The van der Waals surface area contributed by atoms with Crippen LogP contribution in [0.5, 0.6) is 0 Å². The fourth-order valence-electron chi connectivity index (χ4n) is 4.25. The molecule has 10 nitrogen and oxygen atoms in total. The summed E-state index contributed by atoms with van der Waals surface area (Å²) in [6, 6.07) is 6.94. The van der Waals surface area contributed by atoms with Crippen LogP contribution in [0, 0.1) is 17.2 Å². The molecule has 3 atom stereocenters. The molecule has 1 aliphatic carbocycles. The van der Waals surface area contributed by atoms with Crippen molar-refractivity contribution in [3.63, 3.8) is 0 Å². The van der Waals surface area contributed by atoms with Gasteiger partial charge in [0.15, 0.2) is 0 Å². The van der Waals surface area contributed by atoms with E-state index in [1.54, 1.807) is 43.5 Å². The van der Waals surface area contributed by atoms with Crippen molar-refractivity contribution in [1.82, 2.24) is 9.55 Å². The molecule has 184 valence electrons. The predicted octanol–water partition coefficient (Wildman–Crippen LogP) is 3.78. The Kier molecular flexibility index (Phi) is 8.97. The van der Waals surface area contributed by atoms with Crippen LogP contribution in [0.15, 0.2) is 29.3 Å². The molecule has 2 aromatic rings. The van der Waals surface area contributed by atoms with Crippen molar-refractivity contribution >= 4 is 24.5 Å². The second kappa shape index (κ2) is 11.7. The third-order valence-corrected chi connectivity index (χ3v) is 7.89. The van der Waals surface area contributed by atoms with Gasteiger partial charge in [0.05, 0.1) is 49.2 Å². The Hall–Kier alpha value is -2.57. The first-order valence-electron chi connectivity index (χ1n) is 11.4. The van der Waals surface area contributed by atoms with Gasteiger partial charge in [-0.25, -0.2) is 9.78 Å². The molecule has 1 fully saturated rings. The standard InChI is InChI=1S/C23H30N3O7P/c1-4-30-22(28)23(34(29,32-5-2)33-6-3)31-14-16-10-11-18(12-16)26-15-25-19-9-7-8-17(13-24)20(19)21(26)27/h7-9,15-16,18,23H,4-6,10-12,14H2,1-3H3. The highest BCUT2D eigenvalue weighted by molar-refractivity contribution is 7.55. The summed E-state index contributed by atoms with van der Waals surface area (Å²) in [7, 11) is -3.88. The molecule has 0 spiro atoms. The van der Waals surface area contributed by atoms with Gasteiger partial charge in [-0.05, 0) is 58.1 Å². The van der Waals surface area contributed by atoms with E-state index in [4.69, 9.17) is 18.5 Å². The first-order valence-corrected chi connectivity index (χ1v) is 13.1. The van der Waals surface area contributed by atoms with E-state index in [0.29, 0.717) is 29.3 Å². The van der Waals surface area contributed by atoms with Crippen LogP contribution in [0.25, 0.3) is 10.9 Å². The molecule has 0 amide bonds. The number of benzene rings is 1. The maximum atomic E-state index is 13.2. The van der Waals surface area contributed by atoms with E-state index in [0.717, 1.165) is 6.42 Å². The first kappa shape index (κ1) is 26.0. The number of fused-ring (bicyclic) bond motifs is 1. The molecule has 0 radical (unpaired) electrons. The monoisotopic (exact) mass is 491 g/mol. The van der Waals surface area contributed by atoms with Crippen molar-refractivity contribution in [3.05, 3.63) is 40.4 Å². The van der Waals surface area contributed by atoms with Gasteiger partial charge in [-0.3, -0.25) is 13.9 Å². The van der Waals surface area contributed by atoms with Gasteiger partial charge in [-0.2, -0.15) is 5.26 Å². The molecule has 1 aromatic heterocycles. The summed E-state index contributed by atoms with van der Waals surface area (Å²) in [6.45, 7) is 5.37. The lowest BCUT2D eigenvalue weighted by molar-refractivity contribution is -0.153. The summed E-state index contributed by atoms with van der Waals surface area (Å²) in [5.74, 6) is -2.26. The van der Waals surface area contributed by atoms with Crippen molar-refractivity contribution < 1.29 is 27.9 Å². The van der Waals surface area contributed by atoms with Gasteiger partial charge in [0.25, 0.3) is 11.4 Å². The Morgan fingerprint density at radius 1 is 1.24 bits per heavy atom.